The Hall–Kier alpha value is -4.69. The van der Waals surface area contributed by atoms with Gasteiger partial charge in [-0.15, -0.1) is 0 Å². The van der Waals surface area contributed by atoms with E-state index in [1.54, 1.807) is 0 Å². The molecule has 8 nitrogen and oxygen atoms in total. The summed E-state index contributed by atoms with van der Waals surface area (Å²) in [5.74, 6) is 0.292. The molecule has 0 aromatic heterocycles. The summed E-state index contributed by atoms with van der Waals surface area (Å²) in [6, 6.07) is 34.5. The molecule has 43 heavy (non-hydrogen) atoms. The molecule has 2 amide bonds. The SMILES string of the molecule is CCCN=C(N)N.O=C(NCC1CCN(CC(c2ccccc2)c2ccccc2)C(=O)CN1)c1ccc2ccccc2c1. The highest BCUT2D eigenvalue weighted by Gasteiger charge is 2.26. The zero-order chi connectivity index (χ0) is 30.4. The van der Waals surface area contributed by atoms with Crippen molar-refractivity contribution >= 4 is 28.5 Å². The molecule has 1 atom stereocenters. The number of benzene rings is 4. The van der Waals surface area contributed by atoms with Crippen molar-refractivity contribution in [2.75, 3.05) is 32.7 Å². The van der Waals surface area contributed by atoms with Crippen LogP contribution in [0.3, 0.4) is 0 Å². The lowest BCUT2D eigenvalue weighted by Gasteiger charge is -2.27. The molecule has 224 valence electrons. The predicted molar refractivity (Wildman–Crippen MR) is 175 cm³/mol. The Morgan fingerprint density at radius 1 is 0.930 bits per heavy atom. The van der Waals surface area contributed by atoms with E-state index >= 15 is 0 Å². The van der Waals surface area contributed by atoms with Gasteiger partial charge in [0.25, 0.3) is 5.91 Å². The highest BCUT2D eigenvalue weighted by Crippen LogP contribution is 2.26. The van der Waals surface area contributed by atoms with Gasteiger partial charge in [-0.05, 0) is 46.9 Å². The minimum atomic E-state index is -0.0943. The van der Waals surface area contributed by atoms with E-state index in [1.807, 2.05) is 90.7 Å². The van der Waals surface area contributed by atoms with Gasteiger partial charge >= 0.3 is 0 Å². The van der Waals surface area contributed by atoms with E-state index in [0.717, 1.165) is 30.2 Å². The fourth-order valence-corrected chi connectivity index (χ4v) is 5.13. The van der Waals surface area contributed by atoms with Crippen LogP contribution in [0.2, 0.25) is 0 Å². The first kappa shape index (κ1) is 31.3. The van der Waals surface area contributed by atoms with Crippen molar-refractivity contribution in [3.8, 4) is 0 Å². The van der Waals surface area contributed by atoms with Crippen molar-refractivity contribution in [2.45, 2.75) is 31.7 Å². The Morgan fingerprint density at radius 2 is 1.56 bits per heavy atom. The number of carbonyl (C=O) groups is 2. The van der Waals surface area contributed by atoms with Crippen molar-refractivity contribution in [2.24, 2.45) is 16.5 Å². The summed E-state index contributed by atoms with van der Waals surface area (Å²) in [7, 11) is 0. The van der Waals surface area contributed by atoms with Crippen LogP contribution in [0, 0.1) is 0 Å². The molecule has 5 rings (SSSR count). The average molecular weight is 579 g/mol. The average Bonchev–Trinajstić information content (AvgIpc) is 3.22. The van der Waals surface area contributed by atoms with Crippen LogP contribution >= 0.6 is 0 Å². The molecule has 0 spiro atoms. The maximum Gasteiger partial charge on any atom is 0.251 e. The van der Waals surface area contributed by atoms with Crippen LogP contribution in [0.1, 0.15) is 47.2 Å². The second-order valence-electron chi connectivity index (χ2n) is 10.7. The Labute approximate surface area is 254 Å². The van der Waals surface area contributed by atoms with Crippen molar-refractivity contribution < 1.29 is 9.59 Å². The smallest absolute Gasteiger partial charge is 0.251 e. The lowest BCUT2D eigenvalue weighted by molar-refractivity contribution is -0.129. The Morgan fingerprint density at radius 3 is 2.16 bits per heavy atom. The molecule has 0 bridgehead atoms. The summed E-state index contributed by atoms with van der Waals surface area (Å²) < 4.78 is 0. The maximum atomic E-state index is 13.0. The van der Waals surface area contributed by atoms with Crippen LogP contribution in [0.15, 0.2) is 108 Å². The number of carbonyl (C=O) groups excluding carboxylic acids is 2. The Kier molecular flexibility index (Phi) is 11.7. The molecular formula is C35H42N6O2. The van der Waals surface area contributed by atoms with E-state index in [0.29, 0.717) is 25.2 Å². The van der Waals surface area contributed by atoms with Gasteiger partial charge in [0.15, 0.2) is 5.96 Å². The molecular weight excluding hydrogens is 536 g/mol. The van der Waals surface area contributed by atoms with Crippen LogP contribution < -0.4 is 22.1 Å². The quantitative estimate of drug-likeness (QED) is 0.174. The highest BCUT2D eigenvalue weighted by molar-refractivity contribution is 5.98. The third-order valence-corrected chi connectivity index (χ3v) is 7.49. The fraction of sp³-hybridized carbons (Fsp3) is 0.286. The van der Waals surface area contributed by atoms with E-state index in [2.05, 4.69) is 39.9 Å². The third kappa shape index (κ3) is 9.41. The van der Waals surface area contributed by atoms with E-state index in [1.165, 1.54) is 11.1 Å². The van der Waals surface area contributed by atoms with Gasteiger partial charge in [0.1, 0.15) is 0 Å². The third-order valence-electron chi connectivity index (χ3n) is 7.49. The second-order valence-corrected chi connectivity index (χ2v) is 10.7. The summed E-state index contributed by atoms with van der Waals surface area (Å²) >= 11 is 0. The second kappa shape index (κ2) is 16.1. The first-order valence-corrected chi connectivity index (χ1v) is 14.9. The van der Waals surface area contributed by atoms with E-state index < -0.39 is 0 Å². The first-order chi connectivity index (χ1) is 20.9. The van der Waals surface area contributed by atoms with Crippen LogP contribution in [0.25, 0.3) is 10.8 Å². The fourth-order valence-electron chi connectivity index (χ4n) is 5.13. The number of nitrogens with two attached hydrogens (primary N) is 2. The molecule has 0 aliphatic carbocycles. The summed E-state index contributed by atoms with van der Waals surface area (Å²) in [4.78, 5) is 31.5. The minimum Gasteiger partial charge on any atom is -0.370 e. The van der Waals surface area contributed by atoms with Crippen molar-refractivity contribution in [3.05, 3.63) is 120 Å². The predicted octanol–water partition coefficient (Wildman–Crippen LogP) is 4.26. The van der Waals surface area contributed by atoms with Crippen LogP contribution in [0.4, 0.5) is 0 Å². The maximum absolute atomic E-state index is 13.0. The molecule has 1 unspecified atom stereocenters. The van der Waals surface area contributed by atoms with Gasteiger partial charge < -0.3 is 27.0 Å². The van der Waals surface area contributed by atoms with Crippen molar-refractivity contribution in [3.63, 3.8) is 0 Å². The molecule has 6 N–H and O–H groups in total. The van der Waals surface area contributed by atoms with E-state index in [9.17, 15) is 9.59 Å². The lowest BCUT2D eigenvalue weighted by atomic mass is 9.90. The molecule has 1 heterocycles. The van der Waals surface area contributed by atoms with Crippen LogP contribution in [0.5, 0.6) is 0 Å². The number of aliphatic imine (C=N–C) groups is 1. The normalized spacial score (nSPS) is 14.9. The van der Waals surface area contributed by atoms with Gasteiger partial charge in [-0.3, -0.25) is 14.6 Å². The van der Waals surface area contributed by atoms with Gasteiger partial charge in [0.2, 0.25) is 5.91 Å². The molecule has 8 heteroatoms. The zero-order valence-corrected chi connectivity index (χ0v) is 24.8. The van der Waals surface area contributed by atoms with Crippen molar-refractivity contribution in [1.82, 2.24) is 15.5 Å². The minimum absolute atomic E-state index is 0.0373. The molecule has 1 fully saturated rings. The summed E-state index contributed by atoms with van der Waals surface area (Å²) in [6.07, 6.45) is 1.78. The zero-order valence-electron chi connectivity index (χ0n) is 24.8. The van der Waals surface area contributed by atoms with E-state index in [-0.39, 0.29) is 36.3 Å². The van der Waals surface area contributed by atoms with Gasteiger partial charge in [-0.2, -0.15) is 0 Å². The standard InChI is InChI=1S/C31H31N3O2.C4H11N3/c35-30-21-32-28(20-33-31(36)27-16-15-23-9-7-8-14-26(23)19-27)17-18-34(30)22-29(24-10-3-1-4-11-24)25-12-5-2-6-13-25;1-2-3-7-4(5)6/h1-16,19,28-29,32H,17-18,20-22H2,(H,33,36);2-3H2,1H3,(H4,5,6,7). The largest absolute Gasteiger partial charge is 0.370 e. The summed E-state index contributed by atoms with van der Waals surface area (Å²) in [5.41, 5.74) is 13.1. The van der Waals surface area contributed by atoms with Gasteiger partial charge in [0.05, 0.1) is 6.54 Å². The number of fused-ring (bicyclic) bond motifs is 1. The molecule has 1 saturated heterocycles. The van der Waals surface area contributed by atoms with Gasteiger partial charge in [-0.1, -0.05) is 97.9 Å². The first-order valence-electron chi connectivity index (χ1n) is 14.9. The number of nitrogens with one attached hydrogen (secondary N) is 2. The number of amides is 2. The number of rotatable bonds is 9. The lowest BCUT2D eigenvalue weighted by Crippen LogP contribution is -2.42. The highest BCUT2D eigenvalue weighted by atomic mass is 16.2. The number of hydrogen-bond donors (Lipinski definition) is 4. The summed E-state index contributed by atoms with van der Waals surface area (Å²) in [5, 5.41) is 8.56. The number of hydrogen-bond acceptors (Lipinski definition) is 4. The van der Waals surface area contributed by atoms with Crippen LogP contribution in [-0.2, 0) is 4.79 Å². The Bertz CT molecular complexity index is 1450. The molecule has 1 aliphatic heterocycles. The van der Waals surface area contributed by atoms with E-state index in [4.69, 9.17) is 11.5 Å². The number of guanidine groups is 1. The number of nitrogens with zero attached hydrogens (tertiary/aromatic N) is 2. The molecule has 1 aliphatic rings. The topological polar surface area (TPSA) is 126 Å². The van der Waals surface area contributed by atoms with Gasteiger partial charge in [0, 0.05) is 43.7 Å². The monoisotopic (exact) mass is 578 g/mol. The molecule has 0 radical (unpaired) electrons. The van der Waals surface area contributed by atoms with Gasteiger partial charge in [-0.25, -0.2) is 0 Å². The van der Waals surface area contributed by atoms with Crippen LogP contribution in [-0.4, -0.2) is 61.4 Å². The molecule has 4 aromatic rings. The molecule has 0 saturated carbocycles. The van der Waals surface area contributed by atoms with Crippen molar-refractivity contribution in [1.29, 1.82) is 0 Å². The molecule has 4 aromatic carbocycles. The summed E-state index contributed by atoms with van der Waals surface area (Å²) in [6.45, 7) is 4.79. The Balaban J connectivity index is 0.000000541.